The molecule has 4 nitrogen and oxygen atoms in total. The van der Waals surface area contributed by atoms with E-state index in [1.807, 2.05) is 6.07 Å². The minimum Gasteiger partial charge on any atom is -0.357 e. The minimum atomic E-state index is -0.107. The molecular formula is C11H4BrClN4. The van der Waals surface area contributed by atoms with Crippen LogP contribution in [0.3, 0.4) is 0 Å². The molecule has 0 atom stereocenters. The summed E-state index contributed by atoms with van der Waals surface area (Å²) >= 11 is 9.13. The molecule has 17 heavy (non-hydrogen) atoms. The number of hydrogen-bond donors (Lipinski definition) is 1. The number of nitrogens with one attached hydrogen (secondary N) is 1. The van der Waals surface area contributed by atoms with Gasteiger partial charge in [0.2, 0.25) is 0 Å². The lowest BCUT2D eigenvalue weighted by atomic mass is 10.2. The molecule has 1 aromatic carbocycles. The Morgan fingerprint density at radius 1 is 1.29 bits per heavy atom. The molecule has 0 aliphatic carbocycles. The fourth-order valence-corrected chi connectivity index (χ4v) is 1.67. The molecule has 82 valence electrons. The van der Waals surface area contributed by atoms with E-state index in [0.29, 0.717) is 20.7 Å². The number of hydrogen-bond acceptors (Lipinski definition) is 4. The molecule has 0 fully saturated rings. The van der Waals surface area contributed by atoms with Crippen molar-refractivity contribution < 1.29 is 0 Å². The molecule has 0 aromatic heterocycles. The Kier molecular flexibility index (Phi) is 4.55. The summed E-state index contributed by atoms with van der Waals surface area (Å²) < 4.78 is 0.579. The predicted molar refractivity (Wildman–Crippen MR) is 66.8 cm³/mol. The Bertz CT molecular complexity index is 586. The maximum Gasteiger partial charge on any atom is 0.145 e. The largest absolute Gasteiger partial charge is 0.357 e. The van der Waals surface area contributed by atoms with E-state index in [-0.39, 0.29) is 5.57 Å². The molecule has 0 bridgehead atoms. The van der Waals surface area contributed by atoms with Gasteiger partial charge in [0, 0.05) is 10.7 Å². The van der Waals surface area contributed by atoms with Crippen LogP contribution in [0, 0.1) is 34.0 Å². The van der Waals surface area contributed by atoms with Crippen LogP contribution < -0.4 is 5.32 Å². The number of halogens is 2. The SMILES string of the molecule is N#CC(C#N)=CNc1c(Cl)ccc(Br)c1C#N. The van der Waals surface area contributed by atoms with Crippen molar-refractivity contribution in [2.75, 3.05) is 5.32 Å². The zero-order chi connectivity index (χ0) is 12.8. The average molecular weight is 308 g/mol. The molecule has 1 rings (SSSR count). The van der Waals surface area contributed by atoms with Gasteiger partial charge in [-0.3, -0.25) is 0 Å². The van der Waals surface area contributed by atoms with Crippen LogP contribution in [0.5, 0.6) is 0 Å². The van der Waals surface area contributed by atoms with Crippen LogP contribution in [0.4, 0.5) is 5.69 Å². The molecule has 0 saturated carbocycles. The van der Waals surface area contributed by atoms with Gasteiger partial charge in [-0.1, -0.05) is 11.6 Å². The highest BCUT2D eigenvalue weighted by Crippen LogP contribution is 2.31. The second kappa shape index (κ2) is 5.92. The van der Waals surface area contributed by atoms with E-state index in [4.69, 9.17) is 27.4 Å². The normalized spacial score (nSPS) is 8.41. The van der Waals surface area contributed by atoms with Crippen molar-refractivity contribution in [3.8, 4) is 18.2 Å². The second-order valence-corrected chi connectivity index (χ2v) is 4.08. The smallest absolute Gasteiger partial charge is 0.145 e. The van der Waals surface area contributed by atoms with Gasteiger partial charge in [0.25, 0.3) is 0 Å². The number of nitrogens with zero attached hydrogens (tertiary/aromatic N) is 3. The maximum absolute atomic E-state index is 8.97. The van der Waals surface area contributed by atoms with E-state index in [0.717, 1.165) is 0 Å². The molecule has 0 aliphatic heterocycles. The molecule has 0 heterocycles. The topological polar surface area (TPSA) is 83.4 Å². The van der Waals surface area contributed by atoms with Crippen molar-refractivity contribution in [3.63, 3.8) is 0 Å². The monoisotopic (exact) mass is 306 g/mol. The zero-order valence-corrected chi connectivity index (χ0v) is 10.7. The molecule has 1 N–H and O–H groups in total. The van der Waals surface area contributed by atoms with Gasteiger partial charge in [-0.15, -0.1) is 0 Å². The van der Waals surface area contributed by atoms with Crippen molar-refractivity contribution in [2.45, 2.75) is 0 Å². The van der Waals surface area contributed by atoms with E-state index < -0.39 is 0 Å². The molecule has 0 saturated heterocycles. The summed E-state index contributed by atoms with van der Waals surface area (Å²) in [6.07, 6.45) is 1.20. The first-order valence-corrected chi connectivity index (χ1v) is 5.46. The van der Waals surface area contributed by atoms with E-state index >= 15 is 0 Å². The third kappa shape index (κ3) is 2.98. The lowest BCUT2D eigenvalue weighted by Crippen LogP contribution is -1.95. The van der Waals surface area contributed by atoms with Gasteiger partial charge in [0.1, 0.15) is 23.8 Å². The van der Waals surface area contributed by atoms with E-state index in [9.17, 15) is 0 Å². The lowest BCUT2D eigenvalue weighted by molar-refractivity contribution is 1.42. The van der Waals surface area contributed by atoms with Gasteiger partial charge < -0.3 is 5.32 Å². The molecule has 0 aliphatic rings. The summed E-state index contributed by atoms with van der Waals surface area (Å²) in [4.78, 5) is 0. The molecule has 0 radical (unpaired) electrons. The van der Waals surface area contributed by atoms with E-state index in [1.54, 1.807) is 24.3 Å². The summed E-state index contributed by atoms with van der Waals surface area (Å²) in [7, 11) is 0. The van der Waals surface area contributed by atoms with Crippen LogP contribution in [-0.4, -0.2) is 0 Å². The van der Waals surface area contributed by atoms with Gasteiger partial charge in [-0.25, -0.2) is 0 Å². The number of benzene rings is 1. The van der Waals surface area contributed by atoms with Gasteiger partial charge in [0.15, 0.2) is 0 Å². The van der Waals surface area contributed by atoms with E-state index in [2.05, 4.69) is 21.2 Å². The van der Waals surface area contributed by atoms with Gasteiger partial charge in [-0.2, -0.15) is 15.8 Å². The molecular weight excluding hydrogens is 304 g/mol. The van der Waals surface area contributed by atoms with Crippen molar-refractivity contribution in [2.24, 2.45) is 0 Å². The Hall–Kier alpha value is -2.00. The van der Waals surface area contributed by atoms with Crippen molar-refractivity contribution >= 4 is 33.2 Å². The number of nitriles is 3. The standard InChI is InChI=1S/C11H4BrClN4/c12-9-1-2-10(13)11(8(9)5-16)17-6-7(3-14)4-15/h1-2,6,17H. The summed E-state index contributed by atoms with van der Waals surface area (Å²) in [5.74, 6) is 0. The van der Waals surface area contributed by atoms with Crippen LogP contribution in [0.2, 0.25) is 5.02 Å². The number of allylic oxidation sites excluding steroid dienone is 1. The van der Waals surface area contributed by atoms with Crippen molar-refractivity contribution in [1.29, 1.82) is 15.8 Å². The van der Waals surface area contributed by atoms with Crippen LogP contribution >= 0.6 is 27.5 Å². The number of anilines is 1. The Labute approximate surface area is 111 Å². The second-order valence-electron chi connectivity index (χ2n) is 2.82. The van der Waals surface area contributed by atoms with Gasteiger partial charge >= 0.3 is 0 Å². The highest BCUT2D eigenvalue weighted by atomic mass is 79.9. The zero-order valence-electron chi connectivity index (χ0n) is 8.33. The van der Waals surface area contributed by atoms with E-state index in [1.165, 1.54) is 6.20 Å². The lowest BCUT2D eigenvalue weighted by Gasteiger charge is -2.07. The molecule has 0 amide bonds. The first kappa shape index (κ1) is 13.1. The highest BCUT2D eigenvalue weighted by molar-refractivity contribution is 9.10. The predicted octanol–water partition coefficient (Wildman–Crippen LogP) is 3.32. The third-order valence-corrected chi connectivity index (χ3v) is 2.79. The van der Waals surface area contributed by atoms with Crippen LogP contribution in [0.1, 0.15) is 5.56 Å². The fraction of sp³-hybridized carbons (Fsp3) is 0. The average Bonchev–Trinajstić information content (AvgIpc) is 2.34. The Balaban J connectivity index is 3.22. The van der Waals surface area contributed by atoms with Crippen LogP contribution in [0.25, 0.3) is 0 Å². The molecule has 1 aromatic rings. The quantitative estimate of drug-likeness (QED) is 0.849. The molecule has 0 unspecified atom stereocenters. The molecule has 0 spiro atoms. The van der Waals surface area contributed by atoms with Crippen LogP contribution in [-0.2, 0) is 0 Å². The summed E-state index contributed by atoms with van der Waals surface area (Å²) in [5, 5.41) is 29.1. The maximum atomic E-state index is 8.97. The van der Waals surface area contributed by atoms with Crippen LogP contribution in [0.15, 0.2) is 28.4 Å². The summed E-state index contributed by atoms with van der Waals surface area (Å²) in [5.41, 5.74) is 0.556. The Morgan fingerprint density at radius 2 is 1.94 bits per heavy atom. The summed E-state index contributed by atoms with van der Waals surface area (Å²) in [6.45, 7) is 0. The summed E-state index contributed by atoms with van der Waals surface area (Å²) in [6, 6.07) is 8.60. The third-order valence-electron chi connectivity index (χ3n) is 1.82. The van der Waals surface area contributed by atoms with Crippen molar-refractivity contribution in [3.05, 3.63) is 39.0 Å². The molecule has 6 heteroatoms. The first-order chi connectivity index (χ1) is 8.13. The van der Waals surface area contributed by atoms with Gasteiger partial charge in [0.05, 0.1) is 16.3 Å². The first-order valence-electron chi connectivity index (χ1n) is 4.29. The van der Waals surface area contributed by atoms with Crippen molar-refractivity contribution in [1.82, 2.24) is 0 Å². The number of rotatable bonds is 2. The Morgan fingerprint density at radius 3 is 2.47 bits per heavy atom. The minimum absolute atomic E-state index is 0.107. The highest BCUT2D eigenvalue weighted by Gasteiger charge is 2.09. The van der Waals surface area contributed by atoms with Gasteiger partial charge in [-0.05, 0) is 28.1 Å². The fourth-order valence-electron chi connectivity index (χ4n) is 1.04.